The molecular weight excluding hydrogens is 367 g/mol. The van der Waals surface area contributed by atoms with Crippen LogP contribution in [0.4, 0.5) is 24.5 Å². The van der Waals surface area contributed by atoms with Gasteiger partial charge in [-0.15, -0.1) is 0 Å². The van der Waals surface area contributed by atoms with Crippen LogP contribution in [0, 0.1) is 0 Å². The van der Waals surface area contributed by atoms with Crippen LogP contribution in [0.1, 0.15) is 6.42 Å². The molecule has 0 saturated heterocycles. The zero-order chi connectivity index (χ0) is 18.7. The number of carbonyl (C=O) groups excluding carboxylic acids is 2. The monoisotopic (exact) mass is 381 g/mol. The number of nitrogens with zero attached hydrogens (tertiary/aromatic N) is 2. The summed E-state index contributed by atoms with van der Waals surface area (Å²) in [5.41, 5.74) is 0.215. The van der Waals surface area contributed by atoms with Gasteiger partial charge in [-0.1, -0.05) is 30.0 Å². The Hall–Kier alpha value is -2.55. The number of nitrogens with one attached hydrogen (secondary N) is 1. The third kappa shape index (κ3) is 3.98. The van der Waals surface area contributed by atoms with Gasteiger partial charge in [0, 0.05) is 6.20 Å². The van der Waals surface area contributed by atoms with E-state index in [1.807, 2.05) is 0 Å². The number of rotatable bonds is 3. The molecule has 1 atom stereocenters. The lowest BCUT2D eigenvalue weighted by atomic mass is 10.1. The van der Waals surface area contributed by atoms with Gasteiger partial charge in [-0.2, -0.15) is 13.2 Å². The van der Waals surface area contributed by atoms with E-state index in [2.05, 4.69) is 10.3 Å². The zero-order valence-corrected chi connectivity index (χ0v) is 14.2. The first-order valence-electron chi connectivity index (χ1n) is 7.68. The molecule has 2 amide bonds. The second kappa shape index (κ2) is 7.36. The molecule has 1 aromatic heterocycles. The molecule has 0 radical (unpaired) electrons. The Bertz CT molecular complexity index is 814. The summed E-state index contributed by atoms with van der Waals surface area (Å²) in [5, 5.41) is 2.96. The van der Waals surface area contributed by atoms with Crippen molar-refractivity contribution in [3.63, 3.8) is 0 Å². The topological polar surface area (TPSA) is 62.3 Å². The van der Waals surface area contributed by atoms with Gasteiger partial charge in [0.05, 0.1) is 28.6 Å². The molecule has 1 N–H and O–H groups in total. The van der Waals surface area contributed by atoms with Crippen LogP contribution in [-0.2, 0) is 9.59 Å². The maximum atomic E-state index is 13.6. The van der Waals surface area contributed by atoms with Crippen molar-refractivity contribution >= 4 is 35.0 Å². The number of hydrogen-bond donors (Lipinski definition) is 1. The molecule has 9 heteroatoms. The van der Waals surface area contributed by atoms with Gasteiger partial charge in [0.15, 0.2) is 0 Å². The standard InChI is InChI=1S/C17H14F3N3O2S/c18-17(19,20)13-9-14(24)22-11-5-1-2-6-12(11)23(13)16(25)10-26-15-7-3-4-8-21-15/h1-8,13H,9-10H2,(H,22,24)/t13-/m0/s1. The lowest BCUT2D eigenvalue weighted by molar-refractivity contribution is -0.157. The minimum absolute atomic E-state index is 0.0345. The van der Waals surface area contributed by atoms with Gasteiger partial charge < -0.3 is 5.32 Å². The number of benzene rings is 1. The number of alkyl halides is 3. The van der Waals surface area contributed by atoms with Crippen molar-refractivity contribution < 1.29 is 22.8 Å². The molecule has 2 heterocycles. The third-order valence-electron chi connectivity index (χ3n) is 3.76. The van der Waals surface area contributed by atoms with Crippen molar-refractivity contribution in [1.82, 2.24) is 4.98 Å². The molecule has 1 aromatic carbocycles. The first kappa shape index (κ1) is 18.2. The first-order chi connectivity index (χ1) is 12.4. The van der Waals surface area contributed by atoms with Crippen LogP contribution >= 0.6 is 11.8 Å². The largest absolute Gasteiger partial charge is 0.409 e. The number of fused-ring (bicyclic) bond motifs is 1. The number of hydrogen-bond acceptors (Lipinski definition) is 4. The quantitative estimate of drug-likeness (QED) is 0.827. The van der Waals surface area contributed by atoms with Crippen LogP contribution in [0.25, 0.3) is 0 Å². The van der Waals surface area contributed by atoms with E-state index >= 15 is 0 Å². The predicted molar refractivity (Wildman–Crippen MR) is 92.0 cm³/mol. The maximum absolute atomic E-state index is 13.6. The second-order valence-electron chi connectivity index (χ2n) is 5.55. The fourth-order valence-corrected chi connectivity index (χ4v) is 3.35. The van der Waals surface area contributed by atoms with Gasteiger partial charge in [-0.3, -0.25) is 14.5 Å². The van der Waals surface area contributed by atoms with Crippen LogP contribution in [0.15, 0.2) is 53.7 Å². The minimum atomic E-state index is -4.74. The molecule has 136 valence electrons. The van der Waals surface area contributed by atoms with Gasteiger partial charge >= 0.3 is 6.18 Å². The Morgan fingerprint density at radius 3 is 2.65 bits per heavy atom. The molecule has 0 saturated carbocycles. The van der Waals surface area contributed by atoms with Crippen LogP contribution in [0.2, 0.25) is 0 Å². The number of carbonyl (C=O) groups is 2. The van der Waals surface area contributed by atoms with Crippen molar-refractivity contribution in [2.45, 2.75) is 23.7 Å². The first-order valence-corrected chi connectivity index (χ1v) is 8.66. The van der Waals surface area contributed by atoms with Crippen LogP contribution in [0.3, 0.4) is 0 Å². The Morgan fingerprint density at radius 2 is 1.96 bits per heavy atom. The van der Waals surface area contributed by atoms with Crippen LogP contribution in [0.5, 0.6) is 0 Å². The van der Waals surface area contributed by atoms with Crippen molar-refractivity contribution in [2.75, 3.05) is 16.0 Å². The molecule has 1 aliphatic heterocycles. The highest BCUT2D eigenvalue weighted by Crippen LogP contribution is 2.38. The summed E-state index contributed by atoms with van der Waals surface area (Å²) < 4.78 is 40.7. The Kier molecular flexibility index (Phi) is 5.17. The SMILES string of the molecule is O=C1C[C@@H](C(F)(F)F)N(C(=O)CSc2ccccn2)c2ccccc2N1. The van der Waals surface area contributed by atoms with Gasteiger partial charge in [-0.05, 0) is 24.3 Å². The summed E-state index contributed by atoms with van der Waals surface area (Å²) >= 11 is 1.04. The van der Waals surface area contributed by atoms with Crippen molar-refractivity contribution in [2.24, 2.45) is 0 Å². The van der Waals surface area contributed by atoms with E-state index in [-0.39, 0.29) is 17.1 Å². The predicted octanol–water partition coefficient (Wildman–Crippen LogP) is 3.48. The summed E-state index contributed by atoms with van der Waals surface area (Å²) in [7, 11) is 0. The highest BCUT2D eigenvalue weighted by Gasteiger charge is 2.48. The lowest BCUT2D eigenvalue weighted by Gasteiger charge is -2.31. The lowest BCUT2D eigenvalue weighted by Crippen LogP contribution is -2.50. The molecule has 26 heavy (non-hydrogen) atoms. The number of pyridine rings is 1. The highest BCUT2D eigenvalue weighted by molar-refractivity contribution is 7.99. The Labute approximate surface area is 151 Å². The maximum Gasteiger partial charge on any atom is 0.409 e. The molecular formula is C17H14F3N3O2S. The van der Waals surface area contributed by atoms with E-state index in [1.165, 1.54) is 24.4 Å². The number of thioether (sulfide) groups is 1. The normalized spacial score (nSPS) is 17.3. The number of para-hydroxylation sites is 2. The number of halogens is 3. The molecule has 5 nitrogen and oxygen atoms in total. The highest BCUT2D eigenvalue weighted by atomic mass is 32.2. The van der Waals surface area contributed by atoms with E-state index in [9.17, 15) is 22.8 Å². The smallest absolute Gasteiger partial charge is 0.324 e. The third-order valence-corrected chi connectivity index (χ3v) is 4.68. The molecule has 3 rings (SSSR count). The summed E-state index contributed by atoms with van der Waals surface area (Å²) in [6.07, 6.45) is -4.05. The van der Waals surface area contributed by atoms with Crippen molar-refractivity contribution in [1.29, 1.82) is 0 Å². The summed E-state index contributed by atoms with van der Waals surface area (Å²) in [6.45, 7) is 0. The summed E-state index contributed by atoms with van der Waals surface area (Å²) in [4.78, 5) is 29.3. The van der Waals surface area contributed by atoms with E-state index < -0.39 is 30.5 Å². The average molecular weight is 381 g/mol. The number of amides is 2. The van der Waals surface area contributed by atoms with Gasteiger partial charge in [0.2, 0.25) is 11.8 Å². The van der Waals surface area contributed by atoms with Gasteiger partial charge in [-0.25, -0.2) is 4.98 Å². The molecule has 0 spiro atoms. The van der Waals surface area contributed by atoms with Crippen molar-refractivity contribution in [3.8, 4) is 0 Å². The van der Waals surface area contributed by atoms with Crippen LogP contribution < -0.4 is 10.2 Å². The molecule has 0 bridgehead atoms. The summed E-state index contributed by atoms with van der Waals surface area (Å²) in [6, 6.07) is 8.84. The van der Waals surface area contributed by atoms with E-state index in [1.54, 1.807) is 24.3 Å². The number of aromatic nitrogens is 1. The van der Waals surface area contributed by atoms with E-state index in [0.717, 1.165) is 11.8 Å². The Balaban J connectivity index is 1.93. The molecule has 0 aliphatic carbocycles. The fraction of sp³-hybridized carbons (Fsp3) is 0.235. The molecule has 1 aliphatic rings. The fourth-order valence-electron chi connectivity index (χ4n) is 2.63. The Morgan fingerprint density at radius 1 is 1.23 bits per heavy atom. The second-order valence-corrected chi connectivity index (χ2v) is 6.54. The van der Waals surface area contributed by atoms with Gasteiger partial charge in [0.25, 0.3) is 0 Å². The average Bonchev–Trinajstić information content (AvgIpc) is 2.76. The minimum Gasteiger partial charge on any atom is -0.324 e. The molecule has 2 aromatic rings. The van der Waals surface area contributed by atoms with E-state index in [0.29, 0.717) is 9.93 Å². The van der Waals surface area contributed by atoms with Gasteiger partial charge in [0.1, 0.15) is 6.04 Å². The van der Waals surface area contributed by atoms with Crippen molar-refractivity contribution in [3.05, 3.63) is 48.7 Å². The van der Waals surface area contributed by atoms with E-state index in [4.69, 9.17) is 0 Å². The number of anilines is 2. The zero-order valence-electron chi connectivity index (χ0n) is 13.4. The molecule has 0 fully saturated rings. The summed E-state index contributed by atoms with van der Waals surface area (Å²) in [5.74, 6) is -1.76. The van der Waals surface area contributed by atoms with Crippen LogP contribution in [-0.4, -0.2) is 34.8 Å². The molecule has 0 unspecified atom stereocenters.